The molecule has 1 heterocycles. The second kappa shape index (κ2) is 7.34. The van der Waals surface area contributed by atoms with Crippen LogP contribution < -0.4 is 0 Å². The van der Waals surface area contributed by atoms with Gasteiger partial charge in [-0.1, -0.05) is 18.2 Å². The van der Waals surface area contributed by atoms with Crippen molar-refractivity contribution in [2.45, 2.75) is 39.8 Å². The first kappa shape index (κ1) is 17.8. The van der Waals surface area contributed by atoms with Crippen molar-refractivity contribution < 1.29 is 19.1 Å². The number of nitrogens with zero attached hydrogens (tertiary/aromatic N) is 1. The van der Waals surface area contributed by atoms with Crippen LogP contribution in [0.5, 0.6) is 0 Å². The number of benzene rings is 1. The highest BCUT2D eigenvalue weighted by molar-refractivity contribution is 5.90. The maximum Gasteiger partial charge on any atom is 0.330 e. The van der Waals surface area contributed by atoms with Crippen molar-refractivity contribution in [2.24, 2.45) is 0 Å². The third kappa shape index (κ3) is 4.72. The Morgan fingerprint density at radius 3 is 2.58 bits per heavy atom. The fourth-order valence-corrected chi connectivity index (χ4v) is 2.39. The van der Waals surface area contributed by atoms with Gasteiger partial charge in [0.25, 0.3) is 0 Å². The number of aromatic nitrogens is 1. The molecule has 0 aliphatic heterocycles. The highest BCUT2D eigenvalue weighted by atomic mass is 16.6. The molecule has 0 spiro atoms. The largest absolute Gasteiger partial charge is 0.463 e. The zero-order valence-corrected chi connectivity index (χ0v) is 14.5. The summed E-state index contributed by atoms with van der Waals surface area (Å²) in [6.45, 7) is 7.66. The zero-order valence-electron chi connectivity index (χ0n) is 14.5. The summed E-state index contributed by atoms with van der Waals surface area (Å²) in [5.74, 6) is -0.735. The molecule has 0 saturated heterocycles. The van der Waals surface area contributed by atoms with E-state index in [4.69, 9.17) is 9.47 Å². The number of hydrogen-bond donors (Lipinski definition) is 0. The highest BCUT2D eigenvalue weighted by Crippen LogP contribution is 2.21. The molecule has 0 bridgehead atoms. The maximum absolute atomic E-state index is 12.2. The minimum absolute atomic E-state index is 0.0767. The maximum atomic E-state index is 12.2. The van der Waals surface area contributed by atoms with E-state index >= 15 is 0 Å². The van der Waals surface area contributed by atoms with E-state index in [0.29, 0.717) is 6.61 Å². The SMILES string of the molecule is CCOC(=O)C=Cc1cc2ccccc2n1CC(=O)OC(C)(C)C. The standard InChI is InChI=1S/C19H23NO4/c1-5-23-17(21)11-10-15-12-14-8-6-7-9-16(14)20(15)13-18(22)24-19(2,3)4/h6-12H,5,13H2,1-4H3. The highest BCUT2D eigenvalue weighted by Gasteiger charge is 2.18. The summed E-state index contributed by atoms with van der Waals surface area (Å²) < 4.78 is 12.1. The van der Waals surface area contributed by atoms with Crippen LogP contribution in [0.1, 0.15) is 33.4 Å². The van der Waals surface area contributed by atoms with Crippen LogP contribution in [-0.4, -0.2) is 28.7 Å². The van der Waals surface area contributed by atoms with Gasteiger partial charge < -0.3 is 14.0 Å². The number of hydrogen-bond acceptors (Lipinski definition) is 4. The summed E-state index contributed by atoms with van der Waals surface area (Å²) in [5, 5.41) is 0.990. The van der Waals surface area contributed by atoms with E-state index in [1.54, 1.807) is 13.0 Å². The summed E-state index contributed by atoms with van der Waals surface area (Å²) in [4.78, 5) is 23.7. The van der Waals surface area contributed by atoms with E-state index in [9.17, 15) is 9.59 Å². The molecular weight excluding hydrogens is 306 g/mol. The van der Waals surface area contributed by atoms with Crippen molar-refractivity contribution >= 4 is 28.9 Å². The molecule has 0 N–H and O–H groups in total. The number of ether oxygens (including phenoxy) is 2. The Morgan fingerprint density at radius 1 is 1.21 bits per heavy atom. The second-order valence-corrected chi connectivity index (χ2v) is 6.39. The fourth-order valence-electron chi connectivity index (χ4n) is 2.39. The second-order valence-electron chi connectivity index (χ2n) is 6.39. The van der Waals surface area contributed by atoms with Gasteiger partial charge >= 0.3 is 11.9 Å². The molecule has 0 atom stereocenters. The smallest absolute Gasteiger partial charge is 0.330 e. The van der Waals surface area contributed by atoms with Crippen LogP contribution in [0, 0.1) is 0 Å². The van der Waals surface area contributed by atoms with E-state index in [2.05, 4.69) is 0 Å². The van der Waals surface area contributed by atoms with Crippen molar-refractivity contribution in [1.29, 1.82) is 0 Å². The molecule has 0 amide bonds. The quantitative estimate of drug-likeness (QED) is 0.622. The summed E-state index contributed by atoms with van der Waals surface area (Å²) in [5.41, 5.74) is 1.11. The molecule has 128 valence electrons. The first-order valence-corrected chi connectivity index (χ1v) is 7.95. The number of carbonyl (C=O) groups excluding carboxylic acids is 2. The minimum atomic E-state index is -0.541. The molecule has 0 unspecified atom stereocenters. The molecule has 0 aliphatic rings. The van der Waals surface area contributed by atoms with E-state index in [0.717, 1.165) is 16.6 Å². The molecule has 0 aliphatic carbocycles. The van der Waals surface area contributed by atoms with Gasteiger partial charge in [-0.2, -0.15) is 0 Å². The van der Waals surface area contributed by atoms with Crippen molar-refractivity contribution in [2.75, 3.05) is 6.61 Å². The Hall–Kier alpha value is -2.56. The predicted molar refractivity (Wildman–Crippen MR) is 93.5 cm³/mol. The van der Waals surface area contributed by atoms with Crippen molar-refractivity contribution in [3.63, 3.8) is 0 Å². The van der Waals surface area contributed by atoms with Gasteiger partial charge in [-0.25, -0.2) is 4.79 Å². The molecule has 0 fully saturated rings. The number of esters is 2. The van der Waals surface area contributed by atoms with Crippen molar-refractivity contribution in [1.82, 2.24) is 4.57 Å². The first-order valence-electron chi connectivity index (χ1n) is 7.95. The average Bonchev–Trinajstić information content (AvgIpc) is 2.82. The Labute approximate surface area is 141 Å². The number of fused-ring (bicyclic) bond motifs is 1. The van der Waals surface area contributed by atoms with Crippen LogP contribution >= 0.6 is 0 Å². The Bertz CT molecular complexity index is 765. The summed E-state index contributed by atoms with van der Waals surface area (Å²) >= 11 is 0. The molecule has 5 heteroatoms. The lowest BCUT2D eigenvalue weighted by Crippen LogP contribution is -2.26. The molecule has 0 saturated carbocycles. The third-order valence-corrected chi connectivity index (χ3v) is 3.23. The molecule has 2 aromatic rings. The molecule has 24 heavy (non-hydrogen) atoms. The summed E-state index contributed by atoms with van der Waals surface area (Å²) in [7, 11) is 0. The van der Waals surface area contributed by atoms with Gasteiger partial charge in [0, 0.05) is 22.7 Å². The van der Waals surface area contributed by atoms with Gasteiger partial charge in [0.1, 0.15) is 12.1 Å². The van der Waals surface area contributed by atoms with E-state index < -0.39 is 11.6 Å². The normalized spacial score (nSPS) is 11.8. The van der Waals surface area contributed by atoms with Gasteiger partial charge in [0.2, 0.25) is 0 Å². The number of para-hydroxylation sites is 1. The average molecular weight is 329 g/mol. The molecular formula is C19H23NO4. The Kier molecular flexibility index (Phi) is 5.44. The lowest BCUT2D eigenvalue weighted by Gasteiger charge is -2.20. The van der Waals surface area contributed by atoms with Crippen LogP contribution in [0.2, 0.25) is 0 Å². The van der Waals surface area contributed by atoms with Gasteiger partial charge in [-0.15, -0.1) is 0 Å². The molecule has 1 aromatic heterocycles. The molecule has 2 rings (SSSR count). The lowest BCUT2D eigenvalue weighted by atomic mass is 10.2. The van der Waals surface area contributed by atoms with Crippen LogP contribution in [0.25, 0.3) is 17.0 Å². The Morgan fingerprint density at radius 2 is 1.92 bits per heavy atom. The van der Waals surface area contributed by atoms with Crippen molar-refractivity contribution in [3.05, 3.63) is 42.1 Å². The van der Waals surface area contributed by atoms with Gasteiger partial charge in [0.15, 0.2) is 0 Å². The first-order chi connectivity index (χ1) is 11.3. The minimum Gasteiger partial charge on any atom is -0.463 e. The zero-order chi connectivity index (χ0) is 17.7. The predicted octanol–water partition coefficient (Wildman–Crippen LogP) is 3.56. The Balaban J connectivity index is 2.33. The number of rotatable bonds is 5. The molecule has 5 nitrogen and oxygen atoms in total. The third-order valence-electron chi connectivity index (χ3n) is 3.23. The molecule has 0 radical (unpaired) electrons. The van der Waals surface area contributed by atoms with E-state index in [1.807, 2.05) is 55.7 Å². The van der Waals surface area contributed by atoms with E-state index in [-0.39, 0.29) is 12.5 Å². The van der Waals surface area contributed by atoms with Gasteiger partial charge in [-0.05, 0) is 45.9 Å². The topological polar surface area (TPSA) is 57.5 Å². The van der Waals surface area contributed by atoms with Crippen LogP contribution in [0.4, 0.5) is 0 Å². The monoisotopic (exact) mass is 329 g/mol. The fraction of sp³-hybridized carbons (Fsp3) is 0.368. The summed E-state index contributed by atoms with van der Waals surface area (Å²) in [6, 6.07) is 9.66. The number of carbonyl (C=O) groups is 2. The van der Waals surface area contributed by atoms with Crippen LogP contribution in [-0.2, 0) is 25.6 Å². The van der Waals surface area contributed by atoms with Gasteiger partial charge in [-0.3, -0.25) is 4.79 Å². The van der Waals surface area contributed by atoms with Crippen LogP contribution in [0.15, 0.2) is 36.4 Å². The van der Waals surface area contributed by atoms with Crippen molar-refractivity contribution in [3.8, 4) is 0 Å². The summed E-state index contributed by atoms with van der Waals surface area (Å²) in [6.07, 6.45) is 3.02. The van der Waals surface area contributed by atoms with E-state index in [1.165, 1.54) is 6.08 Å². The lowest BCUT2D eigenvalue weighted by molar-refractivity contribution is -0.155. The van der Waals surface area contributed by atoms with Crippen LogP contribution in [0.3, 0.4) is 0 Å². The van der Waals surface area contributed by atoms with Gasteiger partial charge in [0.05, 0.1) is 6.61 Å². The molecule has 1 aromatic carbocycles.